The van der Waals surface area contributed by atoms with E-state index in [9.17, 15) is 0 Å². The third-order valence-electron chi connectivity index (χ3n) is 2.85. The second-order valence-electron chi connectivity index (χ2n) is 4.24. The molecule has 2 unspecified atom stereocenters. The number of pyridine rings is 1. The van der Waals surface area contributed by atoms with Crippen molar-refractivity contribution >= 4 is 0 Å². The zero-order valence-corrected chi connectivity index (χ0v) is 10.2. The molecule has 0 aliphatic carbocycles. The van der Waals surface area contributed by atoms with Gasteiger partial charge in [-0.2, -0.15) is 0 Å². The summed E-state index contributed by atoms with van der Waals surface area (Å²) in [6, 6.07) is 6.62. The first kappa shape index (κ1) is 12.2. The van der Waals surface area contributed by atoms with Crippen LogP contribution in [0, 0.1) is 12.8 Å². The van der Waals surface area contributed by atoms with Crippen LogP contribution in [0.3, 0.4) is 0 Å². The SMILES string of the molecule is CCCC(C)C(NC)c1cccc(C)n1. The van der Waals surface area contributed by atoms with Crippen LogP contribution in [-0.2, 0) is 0 Å². The number of nitrogens with zero attached hydrogens (tertiary/aromatic N) is 1. The van der Waals surface area contributed by atoms with Gasteiger partial charge in [-0.05, 0) is 38.4 Å². The van der Waals surface area contributed by atoms with Gasteiger partial charge in [0.05, 0.1) is 11.7 Å². The number of nitrogens with one attached hydrogen (secondary N) is 1. The molecule has 2 heteroatoms. The van der Waals surface area contributed by atoms with Crippen LogP contribution in [0.2, 0.25) is 0 Å². The summed E-state index contributed by atoms with van der Waals surface area (Å²) in [7, 11) is 2.01. The molecule has 1 aromatic rings. The normalized spacial score (nSPS) is 14.9. The van der Waals surface area contributed by atoms with Gasteiger partial charge in [-0.3, -0.25) is 4.98 Å². The van der Waals surface area contributed by atoms with Crippen molar-refractivity contribution < 1.29 is 0 Å². The van der Waals surface area contributed by atoms with E-state index in [0.717, 1.165) is 5.69 Å². The Morgan fingerprint density at radius 1 is 1.40 bits per heavy atom. The van der Waals surface area contributed by atoms with Gasteiger partial charge < -0.3 is 5.32 Å². The molecule has 0 aromatic carbocycles. The maximum Gasteiger partial charge on any atom is 0.0579 e. The van der Waals surface area contributed by atoms with Crippen LogP contribution >= 0.6 is 0 Å². The molecule has 0 spiro atoms. The van der Waals surface area contributed by atoms with Crippen molar-refractivity contribution in [3.05, 3.63) is 29.6 Å². The lowest BCUT2D eigenvalue weighted by Crippen LogP contribution is -2.24. The van der Waals surface area contributed by atoms with E-state index in [2.05, 4.69) is 36.3 Å². The van der Waals surface area contributed by atoms with E-state index in [0.29, 0.717) is 12.0 Å². The number of hydrogen-bond donors (Lipinski definition) is 1. The Hall–Kier alpha value is -0.890. The maximum absolute atomic E-state index is 4.59. The number of aromatic nitrogens is 1. The highest BCUT2D eigenvalue weighted by atomic mass is 14.9. The Morgan fingerprint density at radius 3 is 2.67 bits per heavy atom. The van der Waals surface area contributed by atoms with E-state index in [4.69, 9.17) is 0 Å². The van der Waals surface area contributed by atoms with Crippen molar-refractivity contribution in [2.45, 2.75) is 39.7 Å². The van der Waals surface area contributed by atoms with Crippen LogP contribution in [0.25, 0.3) is 0 Å². The first-order valence-corrected chi connectivity index (χ1v) is 5.79. The van der Waals surface area contributed by atoms with E-state index in [1.54, 1.807) is 0 Å². The Kier molecular flexibility index (Phi) is 4.76. The Morgan fingerprint density at radius 2 is 2.13 bits per heavy atom. The largest absolute Gasteiger partial charge is 0.311 e. The topological polar surface area (TPSA) is 24.9 Å². The van der Waals surface area contributed by atoms with Gasteiger partial charge in [0.25, 0.3) is 0 Å². The first-order valence-electron chi connectivity index (χ1n) is 5.79. The summed E-state index contributed by atoms with van der Waals surface area (Å²) in [5.74, 6) is 0.634. The van der Waals surface area contributed by atoms with Gasteiger partial charge in [0.1, 0.15) is 0 Å². The quantitative estimate of drug-likeness (QED) is 0.800. The van der Waals surface area contributed by atoms with Gasteiger partial charge in [0, 0.05) is 5.69 Å². The fourth-order valence-corrected chi connectivity index (χ4v) is 2.08. The molecule has 0 saturated heterocycles. The highest BCUT2D eigenvalue weighted by Crippen LogP contribution is 2.23. The molecule has 0 amide bonds. The van der Waals surface area contributed by atoms with E-state index in [-0.39, 0.29) is 0 Å². The average molecular weight is 206 g/mol. The van der Waals surface area contributed by atoms with Gasteiger partial charge in [0.15, 0.2) is 0 Å². The van der Waals surface area contributed by atoms with Crippen molar-refractivity contribution in [1.82, 2.24) is 10.3 Å². The summed E-state index contributed by atoms with van der Waals surface area (Å²) in [6.45, 7) is 6.56. The summed E-state index contributed by atoms with van der Waals surface area (Å²) in [5.41, 5.74) is 2.26. The minimum atomic E-state index is 0.379. The molecule has 0 aliphatic rings. The highest BCUT2D eigenvalue weighted by molar-refractivity contribution is 5.14. The van der Waals surface area contributed by atoms with Gasteiger partial charge in [0.2, 0.25) is 0 Å². The number of hydrogen-bond acceptors (Lipinski definition) is 2. The van der Waals surface area contributed by atoms with Crippen LogP contribution < -0.4 is 5.32 Å². The zero-order valence-electron chi connectivity index (χ0n) is 10.2. The first-order chi connectivity index (χ1) is 7.19. The predicted octanol–water partition coefficient (Wildman–Crippen LogP) is 3.09. The van der Waals surface area contributed by atoms with Crippen molar-refractivity contribution in [2.24, 2.45) is 5.92 Å². The van der Waals surface area contributed by atoms with E-state index in [1.165, 1.54) is 18.5 Å². The summed E-state index contributed by atoms with van der Waals surface area (Å²) in [6.07, 6.45) is 2.46. The molecule has 1 rings (SSSR count). The molecule has 2 atom stereocenters. The van der Waals surface area contributed by atoms with Crippen LogP contribution in [0.1, 0.15) is 44.1 Å². The molecular weight excluding hydrogens is 184 g/mol. The summed E-state index contributed by atoms with van der Waals surface area (Å²) in [5, 5.41) is 3.37. The zero-order chi connectivity index (χ0) is 11.3. The van der Waals surface area contributed by atoms with Gasteiger partial charge in [-0.25, -0.2) is 0 Å². The summed E-state index contributed by atoms with van der Waals surface area (Å²) < 4.78 is 0. The van der Waals surface area contributed by atoms with E-state index < -0.39 is 0 Å². The number of rotatable bonds is 5. The van der Waals surface area contributed by atoms with Crippen molar-refractivity contribution in [2.75, 3.05) is 7.05 Å². The Bertz CT molecular complexity index is 296. The second-order valence-corrected chi connectivity index (χ2v) is 4.24. The molecule has 0 fully saturated rings. The molecule has 1 N–H and O–H groups in total. The smallest absolute Gasteiger partial charge is 0.0579 e. The minimum absolute atomic E-state index is 0.379. The van der Waals surface area contributed by atoms with Gasteiger partial charge in [-0.15, -0.1) is 0 Å². The second kappa shape index (κ2) is 5.86. The molecule has 84 valence electrons. The van der Waals surface area contributed by atoms with Crippen LogP contribution in [0.4, 0.5) is 0 Å². The fraction of sp³-hybridized carbons (Fsp3) is 0.615. The Balaban J connectivity index is 2.82. The lowest BCUT2D eigenvalue weighted by molar-refractivity contribution is 0.376. The van der Waals surface area contributed by atoms with Crippen LogP contribution in [0.15, 0.2) is 18.2 Å². The van der Waals surface area contributed by atoms with Gasteiger partial charge in [-0.1, -0.05) is 26.3 Å². The van der Waals surface area contributed by atoms with Crippen molar-refractivity contribution in [3.8, 4) is 0 Å². The maximum atomic E-state index is 4.59. The molecule has 0 radical (unpaired) electrons. The van der Waals surface area contributed by atoms with Crippen molar-refractivity contribution in [3.63, 3.8) is 0 Å². The molecule has 15 heavy (non-hydrogen) atoms. The molecule has 0 saturated carbocycles. The lowest BCUT2D eigenvalue weighted by atomic mass is 9.94. The molecular formula is C13H22N2. The summed E-state index contributed by atoms with van der Waals surface area (Å²) in [4.78, 5) is 4.59. The molecule has 0 bridgehead atoms. The molecule has 2 nitrogen and oxygen atoms in total. The van der Waals surface area contributed by atoms with Crippen molar-refractivity contribution in [1.29, 1.82) is 0 Å². The summed E-state index contributed by atoms with van der Waals surface area (Å²) >= 11 is 0. The average Bonchev–Trinajstić information content (AvgIpc) is 2.19. The third-order valence-corrected chi connectivity index (χ3v) is 2.85. The van der Waals surface area contributed by atoms with Crippen LogP contribution in [0.5, 0.6) is 0 Å². The molecule has 0 aliphatic heterocycles. The van der Waals surface area contributed by atoms with Gasteiger partial charge >= 0.3 is 0 Å². The predicted molar refractivity (Wildman–Crippen MR) is 64.8 cm³/mol. The molecule has 1 heterocycles. The van der Waals surface area contributed by atoms with E-state index >= 15 is 0 Å². The Labute approximate surface area is 93.1 Å². The number of aryl methyl sites for hydroxylation is 1. The van der Waals surface area contributed by atoms with E-state index in [1.807, 2.05) is 20.0 Å². The standard InChI is InChI=1S/C13H22N2/c1-5-7-10(2)13(14-4)12-9-6-8-11(3)15-12/h6,8-10,13-14H,5,7H2,1-4H3. The fourth-order valence-electron chi connectivity index (χ4n) is 2.08. The minimum Gasteiger partial charge on any atom is -0.311 e. The highest BCUT2D eigenvalue weighted by Gasteiger charge is 2.17. The van der Waals surface area contributed by atoms with Crippen LogP contribution in [-0.4, -0.2) is 12.0 Å². The monoisotopic (exact) mass is 206 g/mol. The lowest BCUT2D eigenvalue weighted by Gasteiger charge is -2.22. The third kappa shape index (κ3) is 3.31. The molecule has 1 aromatic heterocycles.